The summed E-state index contributed by atoms with van der Waals surface area (Å²) in [7, 11) is 1.78. The first kappa shape index (κ1) is 15.8. The van der Waals surface area contributed by atoms with Gasteiger partial charge in [-0.05, 0) is 50.4 Å². The fraction of sp³-hybridized carbons (Fsp3) is 0.684. The number of methoxy groups -OCH3 is 1. The molecule has 0 aromatic heterocycles. The maximum Gasteiger partial charge on any atom is 0.123 e. The third-order valence-electron chi connectivity index (χ3n) is 5.69. The lowest BCUT2D eigenvalue weighted by atomic mass is 9.69. The second-order valence-corrected chi connectivity index (χ2v) is 7.05. The molecule has 1 aliphatic carbocycles. The molecule has 1 aliphatic heterocycles. The van der Waals surface area contributed by atoms with Crippen molar-refractivity contribution < 1.29 is 4.74 Å². The zero-order chi connectivity index (χ0) is 15.4. The number of benzene rings is 1. The fourth-order valence-corrected chi connectivity index (χ4v) is 4.25. The lowest BCUT2D eigenvalue weighted by molar-refractivity contribution is 0.297. The first-order valence-corrected chi connectivity index (χ1v) is 8.87. The van der Waals surface area contributed by atoms with Gasteiger partial charge in [0.2, 0.25) is 0 Å². The molecule has 22 heavy (non-hydrogen) atoms. The number of nitrogens with two attached hydrogens (primary N) is 1. The van der Waals surface area contributed by atoms with E-state index in [-0.39, 0.29) is 5.41 Å². The molecule has 0 amide bonds. The van der Waals surface area contributed by atoms with Gasteiger partial charge in [0.15, 0.2) is 0 Å². The first-order valence-electron chi connectivity index (χ1n) is 8.87. The minimum Gasteiger partial charge on any atom is -0.496 e. The standard InChI is InChI=1S/C19H30N2O/c1-22-18-8-7-17(19(15-20)9-3-2-4-10-19)13-16(18)14-21-11-5-6-12-21/h7-8,13H,2-6,9-12,14-15,20H2,1H3. The van der Waals surface area contributed by atoms with Crippen LogP contribution >= 0.6 is 0 Å². The minimum atomic E-state index is 0.199. The zero-order valence-electron chi connectivity index (χ0n) is 13.9. The smallest absolute Gasteiger partial charge is 0.123 e. The Bertz CT molecular complexity index is 488. The van der Waals surface area contributed by atoms with Crippen LogP contribution in [-0.4, -0.2) is 31.6 Å². The summed E-state index contributed by atoms with van der Waals surface area (Å²) >= 11 is 0. The highest BCUT2D eigenvalue weighted by Crippen LogP contribution is 2.40. The van der Waals surface area contributed by atoms with Crippen LogP contribution in [0.3, 0.4) is 0 Å². The molecule has 1 aromatic carbocycles. The second kappa shape index (κ2) is 7.01. The largest absolute Gasteiger partial charge is 0.496 e. The van der Waals surface area contributed by atoms with E-state index >= 15 is 0 Å². The molecule has 3 heteroatoms. The number of rotatable bonds is 5. The van der Waals surface area contributed by atoms with E-state index in [2.05, 4.69) is 23.1 Å². The molecule has 0 spiro atoms. The predicted molar refractivity (Wildman–Crippen MR) is 91.3 cm³/mol. The highest BCUT2D eigenvalue weighted by Gasteiger charge is 2.33. The van der Waals surface area contributed by atoms with Crippen molar-refractivity contribution in [2.24, 2.45) is 5.73 Å². The average Bonchev–Trinajstić information content (AvgIpc) is 3.08. The van der Waals surface area contributed by atoms with E-state index in [9.17, 15) is 0 Å². The van der Waals surface area contributed by atoms with E-state index in [1.165, 1.54) is 69.2 Å². The summed E-state index contributed by atoms with van der Waals surface area (Å²) in [5, 5.41) is 0. The molecule has 0 radical (unpaired) electrons. The molecule has 1 heterocycles. The molecule has 0 bridgehead atoms. The van der Waals surface area contributed by atoms with E-state index in [0.717, 1.165) is 18.8 Å². The average molecular weight is 302 g/mol. The van der Waals surface area contributed by atoms with Gasteiger partial charge >= 0.3 is 0 Å². The van der Waals surface area contributed by atoms with Crippen molar-refractivity contribution in [3.63, 3.8) is 0 Å². The number of likely N-dealkylation sites (tertiary alicyclic amines) is 1. The van der Waals surface area contributed by atoms with Gasteiger partial charge in [-0.15, -0.1) is 0 Å². The van der Waals surface area contributed by atoms with Crippen LogP contribution in [0.15, 0.2) is 18.2 Å². The van der Waals surface area contributed by atoms with E-state index in [4.69, 9.17) is 10.5 Å². The van der Waals surface area contributed by atoms with E-state index in [0.29, 0.717) is 0 Å². The molecule has 2 N–H and O–H groups in total. The zero-order valence-corrected chi connectivity index (χ0v) is 13.9. The van der Waals surface area contributed by atoms with Gasteiger partial charge in [-0.25, -0.2) is 0 Å². The van der Waals surface area contributed by atoms with Gasteiger partial charge in [0.1, 0.15) is 5.75 Å². The Morgan fingerprint density at radius 3 is 2.45 bits per heavy atom. The van der Waals surface area contributed by atoms with Gasteiger partial charge in [-0.2, -0.15) is 0 Å². The van der Waals surface area contributed by atoms with Crippen LogP contribution < -0.4 is 10.5 Å². The number of ether oxygens (including phenoxy) is 1. The Morgan fingerprint density at radius 1 is 1.09 bits per heavy atom. The predicted octanol–water partition coefficient (Wildman–Crippen LogP) is 3.45. The SMILES string of the molecule is COc1ccc(C2(CN)CCCCC2)cc1CN1CCCC1. The maximum absolute atomic E-state index is 6.21. The highest BCUT2D eigenvalue weighted by atomic mass is 16.5. The summed E-state index contributed by atoms with van der Waals surface area (Å²) in [6, 6.07) is 6.80. The second-order valence-electron chi connectivity index (χ2n) is 7.05. The van der Waals surface area contributed by atoms with Crippen molar-refractivity contribution >= 4 is 0 Å². The molecule has 122 valence electrons. The Balaban J connectivity index is 1.87. The number of hydrogen-bond acceptors (Lipinski definition) is 3. The van der Waals surface area contributed by atoms with Crippen molar-refractivity contribution in [2.45, 2.75) is 56.9 Å². The molecular formula is C19H30N2O. The van der Waals surface area contributed by atoms with E-state index in [1.807, 2.05) is 0 Å². The van der Waals surface area contributed by atoms with Crippen LogP contribution in [0.4, 0.5) is 0 Å². The Morgan fingerprint density at radius 2 is 1.82 bits per heavy atom. The topological polar surface area (TPSA) is 38.5 Å². The Kier molecular flexibility index (Phi) is 5.04. The molecule has 1 saturated heterocycles. The van der Waals surface area contributed by atoms with Crippen LogP contribution in [0.2, 0.25) is 0 Å². The van der Waals surface area contributed by atoms with E-state index < -0.39 is 0 Å². The van der Waals surface area contributed by atoms with Crippen LogP contribution in [-0.2, 0) is 12.0 Å². The van der Waals surface area contributed by atoms with Crippen LogP contribution in [0.5, 0.6) is 5.75 Å². The Hall–Kier alpha value is -1.06. The molecule has 1 aromatic rings. The van der Waals surface area contributed by atoms with Crippen molar-refractivity contribution in [1.82, 2.24) is 4.90 Å². The van der Waals surface area contributed by atoms with Gasteiger partial charge in [0.25, 0.3) is 0 Å². The minimum absolute atomic E-state index is 0.199. The van der Waals surface area contributed by atoms with E-state index in [1.54, 1.807) is 7.11 Å². The molecule has 0 unspecified atom stereocenters. The molecule has 0 atom stereocenters. The summed E-state index contributed by atoms with van der Waals surface area (Å²) < 4.78 is 5.61. The summed E-state index contributed by atoms with van der Waals surface area (Å²) in [4.78, 5) is 2.54. The maximum atomic E-state index is 6.21. The van der Waals surface area contributed by atoms with Crippen LogP contribution in [0, 0.1) is 0 Å². The summed E-state index contributed by atoms with van der Waals surface area (Å²) in [5.74, 6) is 1.03. The fourth-order valence-electron chi connectivity index (χ4n) is 4.25. The lowest BCUT2D eigenvalue weighted by Gasteiger charge is -2.37. The van der Waals surface area contributed by atoms with Crippen LogP contribution in [0.1, 0.15) is 56.1 Å². The summed E-state index contributed by atoms with van der Waals surface area (Å²) in [5.41, 5.74) is 9.18. The third kappa shape index (κ3) is 3.16. The summed E-state index contributed by atoms with van der Waals surface area (Å²) in [6.07, 6.45) is 9.11. The number of hydrogen-bond donors (Lipinski definition) is 1. The van der Waals surface area contributed by atoms with Crippen molar-refractivity contribution in [2.75, 3.05) is 26.7 Å². The van der Waals surface area contributed by atoms with Gasteiger partial charge < -0.3 is 10.5 Å². The molecule has 2 aliphatic rings. The van der Waals surface area contributed by atoms with Crippen molar-refractivity contribution in [3.05, 3.63) is 29.3 Å². The van der Waals surface area contributed by atoms with Crippen LogP contribution in [0.25, 0.3) is 0 Å². The molecule has 1 saturated carbocycles. The molecule has 3 nitrogen and oxygen atoms in total. The lowest BCUT2D eigenvalue weighted by Crippen LogP contribution is -2.37. The van der Waals surface area contributed by atoms with Gasteiger partial charge in [0, 0.05) is 24.1 Å². The third-order valence-corrected chi connectivity index (χ3v) is 5.69. The number of nitrogens with zero attached hydrogens (tertiary/aromatic N) is 1. The van der Waals surface area contributed by atoms with Crippen molar-refractivity contribution in [1.29, 1.82) is 0 Å². The van der Waals surface area contributed by atoms with Gasteiger partial charge in [0.05, 0.1) is 7.11 Å². The highest BCUT2D eigenvalue weighted by molar-refractivity contribution is 5.41. The monoisotopic (exact) mass is 302 g/mol. The molecule has 2 fully saturated rings. The molecular weight excluding hydrogens is 272 g/mol. The summed E-state index contributed by atoms with van der Waals surface area (Å²) in [6.45, 7) is 4.21. The van der Waals surface area contributed by atoms with Crippen molar-refractivity contribution in [3.8, 4) is 5.75 Å². The quantitative estimate of drug-likeness (QED) is 0.905. The normalized spacial score (nSPS) is 21.9. The first-order chi connectivity index (χ1) is 10.8. The van der Waals surface area contributed by atoms with Gasteiger partial charge in [-0.1, -0.05) is 31.4 Å². The Labute approximate surface area is 134 Å². The molecule has 3 rings (SSSR count). The van der Waals surface area contributed by atoms with Gasteiger partial charge in [-0.3, -0.25) is 4.90 Å².